The van der Waals surface area contributed by atoms with Crippen LogP contribution in [-0.4, -0.2) is 54.6 Å². The van der Waals surface area contributed by atoms with Crippen LogP contribution in [0.3, 0.4) is 0 Å². The zero-order valence-corrected chi connectivity index (χ0v) is 10.4. The van der Waals surface area contributed by atoms with Crippen LogP contribution in [0.5, 0.6) is 0 Å². The van der Waals surface area contributed by atoms with Crippen molar-refractivity contribution in [1.29, 1.82) is 0 Å². The fraction of sp³-hybridized carbons (Fsp3) is 0.500. The lowest BCUT2D eigenvalue weighted by atomic mass is 10.1. The third-order valence-corrected chi connectivity index (χ3v) is 3.35. The summed E-state index contributed by atoms with van der Waals surface area (Å²) in [6.45, 7) is -0.291. The summed E-state index contributed by atoms with van der Waals surface area (Å²) >= 11 is 0. The van der Waals surface area contributed by atoms with Gasteiger partial charge in [0.15, 0.2) is 17.7 Å². The van der Waals surface area contributed by atoms with E-state index in [0.29, 0.717) is 11.2 Å². The quantitative estimate of drug-likeness (QED) is 0.401. The fourth-order valence-corrected chi connectivity index (χ4v) is 2.30. The fourth-order valence-electron chi connectivity index (χ4n) is 2.30. The molecule has 1 aliphatic rings. The second-order valence-electron chi connectivity index (χ2n) is 4.61. The molecule has 1 saturated heterocycles. The van der Waals surface area contributed by atoms with Crippen molar-refractivity contribution in [2.75, 3.05) is 18.1 Å². The van der Waals surface area contributed by atoms with E-state index in [0.717, 1.165) is 0 Å². The van der Waals surface area contributed by atoms with Crippen molar-refractivity contribution < 1.29 is 14.9 Å². The van der Waals surface area contributed by atoms with Gasteiger partial charge in [-0.2, -0.15) is 9.97 Å². The first-order chi connectivity index (χ1) is 9.52. The highest BCUT2D eigenvalue weighted by Gasteiger charge is 2.42. The number of nitrogen functional groups attached to an aromatic ring is 2. The van der Waals surface area contributed by atoms with Crippen LogP contribution in [0.4, 0.5) is 11.8 Å². The topological polar surface area (TPSA) is 171 Å². The molecule has 20 heavy (non-hydrogen) atoms. The van der Waals surface area contributed by atoms with E-state index in [-0.39, 0.29) is 18.4 Å². The van der Waals surface area contributed by atoms with Gasteiger partial charge in [-0.25, -0.2) is 4.98 Å². The van der Waals surface area contributed by atoms with Crippen LogP contribution < -0.4 is 17.2 Å². The zero-order valence-electron chi connectivity index (χ0n) is 10.4. The first kappa shape index (κ1) is 13.0. The number of imidazole rings is 1. The summed E-state index contributed by atoms with van der Waals surface area (Å²) in [5.41, 5.74) is 17.7. The predicted octanol–water partition coefficient (Wildman–Crippen LogP) is -2.43. The van der Waals surface area contributed by atoms with Gasteiger partial charge >= 0.3 is 0 Å². The Balaban J connectivity index is 2.07. The first-order valence-electron chi connectivity index (χ1n) is 5.98. The van der Waals surface area contributed by atoms with Crippen LogP contribution >= 0.6 is 0 Å². The van der Waals surface area contributed by atoms with E-state index < -0.39 is 24.5 Å². The number of fused-ring (bicyclic) bond motifs is 1. The van der Waals surface area contributed by atoms with Crippen LogP contribution in [0.2, 0.25) is 0 Å². The van der Waals surface area contributed by atoms with Crippen LogP contribution in [0.25, 0.3) is 11.2 Å². The molecule has 4 unspecified atom stereocenters. The summed E-state index contributed by atoms with van der Waals surface area (Å²) in [4.78, 5) is 11.9. The number of aliphatic hydroxyl groups excluding tert-OH is 2. The molecular weight excluding hydrogens is 266 g/mol. The van der Waals surface area contributed by atoms with Gasteiger partial charge in [-0.1, -0.05) is 0 Å². The summed E-state index contributed by atoms with van der Waals surface area (Å²) in [5, 5.41) is 19.3. The number of rotatable bonds is 2. The molecule has 0 aliphatic carbocycles. The number of hydrogen-bond acceptors (Lipinski definition) is 9. The number of nitrogens with zero attached hydrogens (tertiary/aromatic N) is 4. The highest BCUT2D eigenvalue weighted by molar-refractivity contribution is 5.82. The molecule has 10 heteroatoms. The molecule has 0 bridgehead atoms. The third-order valence-electron chi connectivity index (χ3n) is 3.35. The average Bonchev–Trinajstić information content (AvgIpc) is 2.93. The summed E-state index contributed by atoms with van der Waals surface area (Å²) in [5.74, 6) is 0.133. The molecule has 3 heterocycles. The summed E-state index contributed by atoms with van der Waals surface area (Å²) in [6.07, 6.45) is -1.08. The van der Waals surface area contributed by atoms with E-state index in [1.165, 1.54) is 10.9 Å². The molecule has 8 N–H and O–H groups in total. The summed E-state index contributed by atoms with van der Waals surface area (Å²) in [7, 11) is 0. The van der Waals surface area contributed by atoms with Crippen LogP contribution in [0.1, 0.15) is 6.23 Å². The summed E-state index contributed by atoms with van der Waals surface area (Å²) < 4.78 is 7.00. The average molecular weight is 281 g/mol. The molecular formula is C10H15N7O3. The Morgan fingerprint density at radius 2 is 2.10 bits per heavy atom. The molecule has 0 spiro atoms. The second kappa shape index (κ2) is 4.52. The normalized spacial score (nSPS) is 30.1. The lowest BCUT2D eigenvalue weighted by Crippen LogP contribution is -2.41. The number of aliphatic hydroxyl groups is 2. The molecule has 0 saturated carbocycles. The maximum absolute atomic E-state index is 10.1. The van der Waals surface area contributed by atoms with Gasteiger partial charge in [-0.15, -0.1) is 0 Å². The van der Waals surface area contributed by atoms with Gasteiger partial charge < -0.3 is 32.2 Å². The predicted molar refractivity (Wildman–Crippen MR) is 69.1 cm³/mol. The number of aromatic nitrogens is 4. The number of ether oxygens (including phenoxy) is 1. The standard InChI is InChI=1S/C10H15N7O3/c11-4-3(1-18)20-9(6(4)19)17-2-14-5-7(12)15-10(13)16-8(5)17/h2-4,6,9,18-19H,1,11H2,(H4,12,13,15,16). The molecule has 1 aliphatic heterocycles. The van der Waals surface area contributed by atoms with Gasteiger partial charge in [0.1, 0.15) is 17.7 Å². The van der Waals surface area contributed by atoms with Gasteiger partial charge in [0.25, 0.3) is 0 Å². The molecule has 2 aromatic rings. The molecule has 0 radical (unpaired) electrons. The Morgan fingerprint density at radius 1 is 1.35 bits per heavy atom. The van der Waals surface area contributed by atoms with E-state index in [2.05, 4.69) is 15.0 Å². The maximum Gasteiger partial charge on any atom is 0.224 e. The Kier molecular flexibility index (Phi) is 2.94. The largest absolute Gasteiger partial charge is 0.394 e. The minimum Gasteiger partial charge on any atom is -0.394 e. The third kappa shape index (κ3) is 1.78. The first-order valence-corrected chi connectivity index (χ1v) is 5.98. The van der Waals surface area contributed by atoms with Crippen molar-refractivity contribution >= 4 is 22.9 Å². The van der Waals surface area contributed by atoms with Gasteiger partial charge in [0, 0.05) is 0 Å². The Hall–Kier alpha value is -2.01. The molecule has 1 fully saturated rings. The van der Waals surface area contributed by atoms with E-state index in [1.54, 1.807) is 0 Å². The highest BCUT2D eigenvalue weighted by Crippen LogP contribution is 2.31. The molecule has 4 atom stereocenters. The lowest BCUT2D eigenvalue weighted by molar-refractivity contribution is -0.0488. The Bertz CT molecular complexity index is 645. The van der Waals surface area contributed by atoms with E-state index in [4.69, 9.17) is 27.0 Å². The molecule has 0 aromatic carbocycles. The van der Waals surface area contributed by atoms with E-state index in [9.17, 15) is 5.11 Å². The SMILES string of the molecule is Nc1nc(N)c2ncn(C3OC(CO)C(N)C3O)c2n1. The van der Waals surface area contributed by atoms with Gasteiger partial charge in [-0.3, -0.25) is 4.57 Å². The van der Waals surface area contributed by atoms with Crippen LogP contribution in [0, 0.1) is 0 Å². The zero-order chi connectivity index (χ0) is 14.4. The molecule has 10 nitrogen and oxygen atoms in total. The molecule has 2 aromatic heterocycles. The highest BCUT2D eigenvalue weighted by atomic mass is 16.5. The van der Waals surface area contributed by atoms with Gasteiger partial charge in [-0.05, 0) is 0 Å². The van der Waals surface area contributed by atoms with Gasteiger partial charge in [0.2, 0.25) is 5.95 Å². The minimum atomic E-state index is -1.01. The Labute approximate surface area is 113 Å². The molecule has 3 rings (SSSR count). The number of anilines is 2. The minimum absolute atomic E-state index is 0.00718. The Morgan fingerprint density at radius 3 is 2.75 bits per heavy atom. The van der Waals surface area contributed by atoms with Crippen LogP contribution in [-0.2, 0) is 4.74 Å². The number of hydrogen-bond donors (Lipinski definition) is 5. The van der Waals surface area contributed by atoms with Crippen molar-refractivity contribution in [2.45, 2.75) is 24.5 Å². The van der Waals surface area contributed by atoms with Crippen molar-refractivity contribution in [3.8, 4) is 0 Å². The van der Waals surface area contributed by atoms with Crippen LogP contribution in [0.15, 0.2) is 6.33 Å². The van der Waals surface area contributed by atoms with Crippen molar-refractivity contribution in [2.24, 2.45) is 5.73 Å². The van der Waals surface area contributed by atoms with Crippen molar-refractivity contribution in [1.82, 2.24) is 19.5 Å². The summed E-state index contributed by atoms with van der Waals surface area (Å²) in [6, 6.07) is -0.709. The molecule has 108 valence electrons. The van der Waals surface area contributed by atoms with Gasteiger partial charge in [0.05, 0.1) is 19.0 Å². The maximum atomic E-state index is 10.1. The van der Waals surface area contributed by atoms with E-state index >= 15 is 0 Å². The smallest absolute Gasteiger partial charge is 0.224 e. The van der Waals surface area contributed by atoms with E-state index in [1.807, 2.05) is 0 Å². The van der Waals surface area contributed by atoms with Crippen molar-refractivity contribution in [3.63, 3.8) is 0 Å². The van der Waals surface area contributed by atoms with Crippen molar-refractivity contribution in [3.05, 3.63) is 6.33 Å². The number of nitrogens with two attached hydrogens (primary N) is 3. The second-order valence-corrected chi connectivity index (χ2v) is 4.61. The molecule has 0 amide bonds. The monoisotopic (exact) mass is 281 g/mol. The lowest BCUT2D eigenvalue weighted by Gasteiger charge is -2.16.